The molecule has 8 heteroatoms. The van der Waals surface area contributed by atoms with E-state index in [0.717, 1.165) is 6.20 Å². The zero-order valence-corrected chi connectivity index (χ0v) is 12.1. The first kappa shape index (κ1) is 17.2. The lowest BCUT2D eigenvalue weighted by atomic mass is 10.2. The summed E-state index contributed by atoms with van der Waals surface area (Å²) in [5, 5.41) is 22.4. The van der Waals surface area contributed by atoms with Crippen LogP contribution in [0.15, 0.2) is 36.0 Å². The molecule has 0 heterocycles. The summed E-state index contributed by atoms with van der Waals surface area (Å²) in [7, 11) is 0. The molecule has 1 aromatic carbocycles. The fourth-order valence-corrected chi connectivity index (χ4v) is 1.44. The van der Waals surface area contributed by atoms with E-state index in [1.807, 2.05) is 0 Å². The zero-order valence-electron chi connectivity index (χ0n) is 12.1. The Labute approximate surface area is 126 Å². The van der Waals surface area contributed by atoms with Crippen molar-refractivity contribution in [1.29, 1.82) is 0 Å². The lowest BCUT2D eigenvalue weighted by molar-refractivity contribution is -0.383. The fourth-order valence-electron chi connectivity index (χ4n) is 1.44. The maximum atomic E-state index is 11.7. The zero-order chi connectivity index (χ0) is 16.7. The average Bonchev–Trinajstić information content (AvgIpc) is 2.47. The van der Waals surface area contributed by atoms with Crippen molar-refractivity contribution in [3.63, 3.8) is 0 Å². The molecule has 1 rings (SSSR count). The standard InChI is InChI=1S/C14H16N2O6/c1-3-9(2)22-14(19)10(13(17)18)8-15-11-6-4-5-7-12(11)16(20)21/h4-9,15H,3H2,1-2H3,(H,17,18). The summed E-state index contributed by atoms with van der Waals surface area (Å²) in [6.45, 7) is 3.42. The van der Waals surface area contributed by atoms with Crippen molar-refractivity contribution in [3.05, 3.63) is 46.2 Å². The molecule has 0 saturated carbocycles. The van der Waals surface area contributed by atoms with E-state index in [1.165, 1.54) is 18.2 Å². The monoisotopic (exact) mass is 308 g/mol. The van der Waals surface area contributed by atoms with E-state index in [2.05, 4.69) is 5.32 Å². The summed E-state index contributed by atoms with van der Waals surface area (Å²) < 4.78 is 4.93. The number of nitro groups is 1. The van der Waals surface area contributed by atoms with Crippen molar-refractivity contribution in [2.75, 3.05) is 5.32 Å². The Bertz CT molecular complexity index is 611. The molecule has 0 fully saturated rings. The predicted molar refractivity (Wildman–Crippen MR) is 78.3 cm³/mol. The number of esters is 1. The first-order valence-corrected chi connectivity index (χ1v) is 6.51. The minimum atomic E-state index is -1.49. The molecule has 8 nitrogen and oxygen atoms in total. The molecule has 118 valence electrons. The molecule has 1 unspecified atom stereocenters. The van der Waals surface area contributed by atoms with Crippen molar-refractivity contribution < 1.29 is 24.4 Å². The molecule has 1 aromatic rings. The summed E-state index contributed by atoms with van der Waals surface area (Å²) in [5.41, 5.74) is -0.806. The van der Waals surface area contributed by atoms with E-state index in [4.69, 9.17) is 9.84 Å². The quantitative estimate of drug-likeness (QED) is 0.198. The summed E-state index contributed by atoms with van der Waals surface area (Å²) in [5.74, 6) is -2.49. The molecule has 0 radical (unpaired) electrons. The molecule has 0 aromatic heterocycles. The second kappa shape index (κ2) is 7.77. The number of nitrogens with one attached hydrogen (secondary N) is 1. The molecule has 0 amide bonds. The Kier molecular flexibility index (Phi) is 6.06. The molecule has 22 heavy (non-hydrogen) atoms. The largest absolute Gasteiger partial charge is 0.477 e. The summed E-state index contributed by atoms with van der Waals surface area (Å²) >= 11 is 0. The number of nitrogens with zero attached hydrogens (tertiary/aromatic N) is 1. The second-order valence-electron chi connectivity index (χ2n) is 4.41. The Morgan fingerprint density at radius 3 is 2.64 bits per heavy atom. The molecule has 0 spiro atoms. The maximum Gasteiger partial charge on any atom is 0.347 e. The van der Waals surface area contributed by atoms with Crippen LogP contribution in [0.1, 0.15) is 20.3 Å². The van der Waals surface area contributed by atoms with Gasteiger partial charge in [0.2, 0.25) is 0 Å². The van der Waals surface area contributed by atoms with Gasteiger partial charge in [-0.25, -0.2) is 9.59 Å². The molecular weight excluding hydrogens is 292 g/mol. The number of para-hydroxylation sites is 2. The molecule has 1 atom stereocenters. The average molecular weight is 308 g/mol. The topological polar surface area (TPSA) is 119 Å². The van der Waals surface area contributed by atoms with E-state index in [9.17, 15) is 19.7 Å². The number of anilines is 1. The van der Waals surface area contributed by atoms with Crippen LogP contribution in [-0.2, 0) is 14.3 Å². The Balaban J connectivity index is 2.99. The number of hydrogen-bond acceptors (Lipinski definition) is 6. The third-order valence-electron chi connectivity index (χ3n) is 2.81. The number of ether oxygens (including phenoxy) is 1. The highest BCUT2D eigenvalue weighted by molar-refractivity contribution is 6.13. The smallest absolute Gasteiger partial charge is 0.347 e. The van der Waals surface area contributed by atoms with Gasteiger partial charge in [0.15, 0.2) is 5.57 Å². The van der Waals surface area contributed by atoms with Crippen LogP contribution in [0.3, 0.4) is 0 Å². The predicted octanol–water partition coefficient (Wildman–Crippen LogP) is 2.32. The molecule has 2 N–H and O–H groups in total. The number of hydrogen-bond donors (Lipinski definition) is 2. The number of carboxylic acid groups (broad SMARTS) is 1. The molecule has 0 bridgehead atoms. The molecule has 0 aliphatic carbocycles. The van der Waals surface area contributed by atoms with E-state index in [1.54, 1.807) is 19.9 Å². The Morgan fingerprint density at radius 2 is 2.09 bits per heavy atom. The third-order valence-corrected chi connectivity index (χ3v) is 2.81. The summed E-state index contributed by atoms with van der Waals surface area (Å²) in [4.78, 5) is 33.1. The first-order chi connectivity index (χ1) is 10.4. The van der Waals surface area contributed by atoms with Gasteiger partial charge in [-0.3, -0.25) is 10.1 Å². The van der Waals surface area contributed by atoms with Crippen molar-refractivity contribution in [2.24, 2.45) is 0 Å². The summed E-state index contributed by atoms with van der Waals surface area (Å²) in [6, 6.07) is 5.67. The van der Waals surface area contributed by atoms with E-state index in [-0.39, 0.29) is 11.4 Å². The van der Waals surface area contributed by atoms with Crippen molar-refractivity contribution in [2.45, 2.75) is 26.4 Å². The van der Waals surface area contributed by atoms with Crippen LogP contribution in [0, 0.1) is 10.1 Å². The van der Waals surface area contributed by atoms with Gasteiger partial charge >= 0.3 is 11.9 Å². The SMILES string of the molecule is CCC(C)OC(=O)C(=CNc1ccccc1[N+](=O)[O-])C(=O)O. The maximum absolute atomic E-state index is 11.7. The van der Waals surface area contributed by atoms with Gasteiger partial charge in [0, 0.05) is 12.3 Å². The van der Waals surface area contributed by atoms with Gasteiger partial charge in [-0.15, -0.1) is 0 Å². The third kappa shape index (κ3) is 4.58. The number of carboxylic acids is 1. The number of rotatable bonds is 7. The van der Waals surface area contributed by atoms with E-state index in [0.29, 0.717) is 6.42 Å². The number of carbonyl (C=O) groups excluding carboxylic acids is 1. The Hall–Kier alpha value is -2.90. The van der Waals surface area contributed by atoms with Crippen LogP contribution < -0.4 is 5.32 Å². The highest BCUT2D eigenvalue weighted by Gasteiger charge is 2.21. The normalized spacial score (nSPS) is 12.4. The van der Waals surface area contributed by atoms with Gasteiger partial charge in [0.25, 0.3) is 5.69 Å². The lowest BCUT2D eigenvalue weighted by Crippen LogP contribution is -2.21. The van der Waals surface area contributed by atoms with Crippen molar-refractivity contribution in [1.82, 2.24) is 0 Å². The number of nitro benzene ring substituents is 1. The van der Waals surface area contributed by atoms with Crippen molar-refractivity contribution >= 4 is 23.3 Å². The van der Waals surface area contributed by atoms with Gasteiger partial charge in [-0.1, -0.05) is 19.1 Å². The molecule has 0 aliphatic heterocycles. The summed E-state index contributed by atoms with van der Waals surface area (Å²) in [6.07, 6.45) is 0.993. The fraction of sp³-hybridized carbons (Fsp3) is 0.286. The Morgan fingerprint density at radius 1 is 1.45 bits per heavy atom. The highest BCUT2D eigenvalue weighted by atomic mass is 16.6. The first-order valence-electron chi connectivity index (χ1n) is 6.51. The van der Waals surface area contributed by atoms with E-state index < -0.39 is 28.5 Å². The van der Waals surface area contributed by atoms with Crippen LogP contribution in [0.2, 0.25) is 0 Å². The van der Waals surface area contributed by atoms with E-state index >= 15 is 0 Å². The van der Waals surface area contributed by atoms with Gasteiger partial charge in [-0.2, -0.15) is 0 Å². The second-order valence-corrected chi connectivity index (χ2v) is 4.41. The van der Waals surface area contributed by atoms with Gasteiger partial charge in [0.05, 0.1) is 11.0 Å². The highest BCUT2D eigenvalue weighted by Crippen LogP contribution is 2.23. The van der Waals surface area contributed by atoms with Gasteiger partial charge < -0.3 is 15.2 Å². The van der Waals surface area contributed by atoms with Crippen molar-refractivity contribution in [3.8, 4) is 0 Å². The molecular formula is C14H16N2O6. The number of aliphatic carboxylic acids is 1. The van der Waals surface area contributed by atoms with Crippen LogP contribution in [0.25, 0.3) is 0 Å². The van der Waals surface area contributed by atoms with Gasteiger partial charge in [0.1, 0.15) is 5.69 Å². The molecule has 0 aliphatic rings. The van der Waals surface area contributed by atoms with Crippen LogP contribution in [0.5, 0.6) is 0 Å². The van der Waals surface area contributed by atoms with Crippen LogP contribution in [-0.4, -0.2) is 28.1 Å². The molecule has 0 saturated heterocycles. The number of benzene rings is 1. The number of carbonyl (C=O) groups is 2. The van der Waals surface area contributed by atoms with Crippen LogP contribution >= 0.6 is 0 Å². The van der Waals surface area contributed by atoms with Crippen LogP contribution in [0.4, 0.5) is 11.4 Å². The minimum absolute atomic E-state index is 0.0718. The lowest BCUT2D eigenvalue weighted by Gasteiger charge is -2.11. The van der Waals surface area contributed by atoms with Gasteiger partial charge in [-0.05, 0) is 19.4 Å². The minimum Gasteiger partial charge on any atom is -0.477 e.